The van der Waals surface area contributed by atoms with Gasteiger partial charge in [-0.1, -0.05) is 6.07 Å². The zero-order valence-electron chi connectivity index (χ0n) is 11.7. The molecule has 2 nitrogen and oxygen atoms in total. The molecule has 0 bridgehead atoms. The van der Waals surface area contributed by atoms with Crippen LogP contribution < -0.4 is 4.74 Å². The second-order valence-corrected chi connectivity index (χ2v) is 5.34. The lowest BCUT2D eigenvalue weighted by Crippen LogP contribution is -2.04. The summed E-state index contributed by atoms with van der Waals surface area (Å²) < 4.78 is 19.0. The molecule has 0 saturated heterocycles. The number of rotatable bonds is 3. The van der Waals surface area contributed by atoms with Gasteiger partial charge in [0.05, 0.1) is 11.6 Å². The standard InChI is InChI=1S/C18H16FNO/c19-17-7-5-15(11-20)16(9-17)12-21-18-8-6-13-3-1-2-4-14(13)10-18/h5-10H,1-4,12H2. The van der Waals surface area contributed by atoms with E-state index < -0.39 is 0 Å². The molecule has 3 rings (SSSR count). The minimum absolute atomic E-state index is 0.208. The molecule has 0 unspecified atom stereocenters. The van der Waals surface area contributed by atoms with Gasteiger partial charge in [-0.2, -0.15) is 5.26 Å². The highest BCUT2D eigenvalue weighted by molar-refractivity contribution is 5.39. The number of benzene rings is 2. The molecule has 0 spiro atoms. The van der Waals surface area contributed by atoms with Crippen molar-refractivity contribution in [3.05, 3.63) is 64.5 Å². The van der Waals surface area contributed by atoms with Gasteiger partial charge >= 0.3 is 0 Å². The largest absolute Gasteiger partial charge is 0.489 e. The molecular formula is C18H16FNO. The smallest absolute Gasteiger partial charge is 0.123 e. The molecule has 0 saturated carbocycles. The lowest BCUT2D eigenvalue weighted by molar-refractivity contribution is 0.304. The Hall–Kier alpha value is -2.34. The molecule has 106 valence electrons. The first-order chi connectivity index (χ1) is 10.3. The summed E-state index contributed by atoms with van der Waals surface area (Å²) in [6.45, 7) is 0.208. The second kappa shape index (κ2) is 5.97. The Morgan fingerprint density at radius 3 is 2.67 bits per heavy atom. The number of hydrogen-bond donors (Lipinski definition) is 0. The van der Waals surface area contributed by atoms with Crippen molar-refractivity contribution in [1.82, 2.24) is 0 Å². The minimum atomic E-state index is -0.349. The summed E-state index contributed by atoms with van der Waals surface area (Å²) in [5.41, 5.74) is 3.78. The monoisotopic (exact) mass is 281 g/mol. The number of nitrogens with zero attached hydrogens (tertiary/aromatic N) is 1. The zero-order valence-corrected chi connectivity index (χ0v) is 11.7. The Balaban J connectivity index is 1.76. The molecule has 2 aromatic carbocycles. The van der Waals surface area contributed by atoms with Gasteiger partial charge in [-0.05, 0) is 67.1 Å². The van der Waals surface area contributed by atoms with E-state index in [4.69, 9.17) is 10.00 Å². The van der Waals surface area contributed by atoms with Crippen molar-refractivity contribution in [2.24, 2.45) is 0 Å². The third-order valence-corrected chi connectivity index (χ3v) is 3.90. The van der Waals surface area contributed by atoms with Gasteiger partial charge in [-0.3, -0.25) is 0 Å². The molecule has 1 aliphatic carbocycles. The second-order valence-electron chi connectivity index (χ2n) is 5.34. The van der Waals surface area contributed by atoms with Crippen LogP contribution in [0.2, 0.25) is 0 Å². The first-order valence-electron chi connectivity index (χ1n) is 7.19. The van der Waals surface area contributed by atoms with Gasteiger partial charge in [0.25, 0.3) is 0 Å². The van der Waals surface area contributed by atoms with Gasteiger partial charge in [0.2, 0.25) is 0 Å². The average Bonchev–Trinajstić information content (AvgIpc) is 2.53. The molecule has 1 aliphatic rings. The molecule has 0 fully saturated rings. The summed E-state index contributed by atoms with van der Waals surface area (Å²) in [7, 11) is 0. The number of nitriles is 1. The number of hydrogen-bond acceptors (Lipinski definition) is 2. The van der Waals surface area contributed by atoms with Crippen molar-refractivity contribution < 1.29 is 9.13 Å². The van der Waals surface area contributed by atoms with Crippen LogP contribution in [0.25, 0.3) is 0 Å². The van der Waals surface area contributed by atoms with Gasteiger partial charge in [-0.15, -0.1) is 0 Å². The van der Waals surface area contributed by atoms with E-state index in [2.05, 4.69) is 18.2 Å². The van der Waals surface area contributed by atoms with Gasteiger partial charge in [-0.25, -0.2) is 4.39 Å². The molecule has 0 aliphatic heterocycles. The molecule has 0 aromatic heterocycles. The number of ether oxygens (including phenoxy) is 1. The maximum Gasteiger partial charge on any atom is 0.123 e. The van der Waals surface area contributed by atoms with Crippen LogP contribution in [-0.4, -0.2) is 0 Å². The summed E-state index contributed by atoms with van der Waals surface area (Å²) >= 11 is 0. The number of fused-ring (bicyclic) bond motifs is 1. The third kappa shape index (κ3) is 3.05. The summed E-state index contributed by atoms with van der Waals surface area (Å²) in [5.74, 6) is 0.432. The third-order valence-electron chi connectivity index (χ3n) is 3.90. The number of aryl methyl sites for hydroxylation is 2. The summed E-state index contributed by atoms with van der Waals surface area (Å²) in [5, 5.41) is 9.04. The van der Waals surface area contributed by atoms with E-state index in [1.165, 1.54) is 42.2 Å². The SMILES string of the molecule is N#Cc1ccc(F)cc1COc1ccc2c(c1)CCCC2. The Morgan fingerprint density at radius 2 is 1.86 bits per heavy atom. The van der Waals surface area contributed by atoms with E-state index in [1.54, 1.807) is 0 Å². The van der Waals surface area contributed by atoms with Crippen LogP contribution >= 0.6 is 0 Å². The van der Waals surface area contributed by atoms with E-state index in [0.29, 0.717) is 11.1 Å². The molecule has 2 aromatic rings. The number of halogens is 1. The van der Waals surface area contributed by atoms with Crippen molar-refractivity contribution in [3.8, 4) is 11.8 Å². The van der Waals surface area contributed by atoms with Crippen molar-refractivity contribution >= 4 is 0 Å². The van der Waals surface area contributed by atoms with Crippen LogP contribution in [0.5, 0.6) is 5.75 Å². The summed E-state index contributed by atoms with van der Waals surface area (Å²) in [6.07, 6.45) is 4.70. The molecule has 0 atom stereocenters. The zero-order chi connectivity index (χ0) is 14.7. The normalized spacial score (nSPS) is 13.3. The minimum Gasteiger partial charge on any atom is -0.489 e. The fourth-order valence-electron chi connectivity index (χ4n) is 2.75. The predicted octanol–water partition coefficient (Wildman–Crippen LogP) is 4.16. The van der Waals surface area contributed by atoms with Crippen LogP contribution in [0.3, 0.4) is 0 Å². The summed E-state index contributed by atoms with van der Waals surface area (Å²) in [6, 6.07) is 12.3. The van der Waals surface area contributed by atoms with Crippen molar-refractivity contribution in [1.29, 1.82) is 5.26 Å². The molecule has 21 heavy (non-hydrogen) atoms. The maximum absolute atomic E-state index is 13.3. The molecule has 0 radical (unpaired) electrons. The highest BCUT2D eigenvalue weighted by Crippen LogP contribution is 2.26. The first kappa shape index (κ1) is 13.6. The van der Waals surface area contributed by atoms with E-state index in [9.17, 15) is 4.39 Å². The molecular weight excluding hydrogens is 265 g/mol. The van der Waals surface area contributed by atoms with Gasteiger partial charge in [0.1, 0.15) is 18.2 Å². The fourth-order valence-corrected chi connectivity index (χ4v) is 2.75. The predicted molar refractivity (Wildman–Crippen MR) is 78.5 cm³/mol. The van der Waals surface area contributed by atoms with E-state index in [1.807, 2.05) is 6.07 Å². The Bertz CT molecular complexity index is 703. The van der Waals surface area contributed by atoms with E-state index >= 15 is 0 Å². The van der Waals surface area contributed by atoms with Crippen molar-refractivity contribution in [2.75, 3.05) is 0 Å². The Morgan fingerprint density at radius 1 is 1.05 bits per heavy atom. The average molecular weight is 281 g/mol. The lowest BCUT2D eigenvalue weighted by atomic mass is 9.92. The molecule has 0 amide bonds. The molecule has 0 heterocycles. The van der Waals surface area contributed by atoms with Gasteiger partial charge in [0, 0.05) is 5.56 Å². The van der Waals surface area contributed by atoms with Gasteiger partial charge in [0.15, 0.2) is 0 Å². The highest BCUT2D eigenvalue weighted by atomic mass is 19.1. The van der Waals surface area contributed by atoms with Crippen LogP contribution in [0, 0.1) is 17.1 Å². The topological polar surface area (TPSA) is 33.0 Å². The van der Waals surface area contributed by atoms with Crippen molar-refractivity contribution in [3.63, 3.8) is 0 Å². The molecule has 0 N–H and O–H groups in total. The summed E-state index contributed by atoms with van der Waals surface area (Å²) in [4.78, 5) is 0. The quantitative estimate of drug-likeness (QED) is 0.846. The highest BCUT2D eigenvalue weighted by Gasteiger charge is 2.10. The van der Waals surface area contributed by atoms with Gasteiger partial charge < -0.3 is 4.74 Å². The van der Waals surface area contributed by atoms with Crippen LogP contribution in [0.15, 0.2) is 36.4 Å². The fraction of sp³-hybridized carbons (Fsp3) is 0.278. The maximum atomic E-state index is 13.3. The van der Waals surface area contributed by atoms with Crippen LogP contribution in [0.1, 0.15) is 35.1 Å². The van der Waals surface area contributed by atoms with Crippen molar-refractivity contribution in [2.45, 2.75) is 32.3 Å². The van der Waals surface area contributed by atoms with E-state index in [-0.39, 0.29) is 12.4 Å². The molecule has 3 heteroatoms. The Kier molecular flexibility index (Phi) is 3.87. The van der Waals surface area contributed by atoms with E-state index in [0.717, 1.165) is 18.6 Å². The lowest BCUT2D eigenvalue weighted by Gasteiger charge is -2.17. The first-order valence-corrected chi connectivity index (χ1v) is 7.19. The van der Waals surface area contributed by atoms with Crippen LogP contribution in [-0.2, 0) is 19.4 Å². The Labute approximate surface area is 123 Å². The van der Waals surface area contributed by atoms with Crippen LogP contribution in [0.4, 0.5) is 4.39 Å².